The molecular formula is C10H13ClN6O. The Morgan fingerprint density at radius 1 is 1.39 bits per heavy atom. The van der Waals surface area contributed by atoms with Crippen molar-refractivity contribution in [2.24, 2.45) is 5.41 Å². The molecule has 0 unspecified atom stereocenters. The predicted octanol–water partition coefficient (Wildman–Crippen LogP) is 1.63. The largest absolute Gasteiger partial charge is 0.373 e. The van der Waals surface area contributed by atoms with Gasteiger partial charge in [-0.05, 0) is 11.8 Å². The molecule has 0 fully saturated rings. The molecule has 2 rings (SSSR count). The molecule has 0 saturated carbocycles. The fourth-order valence-corrected chi connectivity index (χ4v) is 1.65. The first kappa shape index (κ1) is 12.7. The standard InChI is InChI=1S/C10H13ClN6O/c1-10(2,3)6-7-8(11)17(15-13-7)9(18)16-5-4-12-14-16/h4-5H,6H2,1-3H3. The predicted molar refractivity (Wildman–Crippen MR) is 64.4 cm³/mol. The Hall–Kier alpha value is -1.76. The van der Waals surface area contributed by atoms with Crippen LogP contribution < -0.4 is 0 Å². The monoisotopic (exact) mass is 268 g/mol. The molecule has 18 heavy (non-hydrogen) atoms. The molecule has 2 aromatic rings. The normalized spacial score (nSPS) is 11.8. The van der Waals surface area contributed by atoms with E-state index in [-0.39, 0.29) is 10.6 Å². The van der Waals surface area contributed by atoms with Gasteiger partial charge in [-0.1, -0.05) is 42.8 Å². The molecule has 0 saturated heterocycles. The van der Waals surface area contributed by atoms with Crippen LogP contribution in [0.15, 0.2) is 12.4 Å². The molecule has 0 atom stereocenters. The second-order valence-electron chi connectivity index (χ2n) is 5.11. The fourth-order valence-electron chi connectivity index (χ4n) is 1.44. The number of aromatic nitrogens is 6. The average Bonchev–Trinajstić information content (AvgIpc) is 2.87. The van der Waals surface area contributed by atoms with E-state index < -0.39 is 6.03 Å². The van der Waals surface area contributed by atoms with Crippen LogP contribution in [0, 0.1) is 5.41 Å². The minimum Gasteiger partial charge on any atom is -0.243 e. The number of nitrogens with zero attached hydrogens (tertiary/aromatic N) is 6. The van der Waals surface area contributed by atoms with Crippen molar-refractivity contribution in [2.75, 3.05) is 0 Å². The number of hydrogen-bond donors (Lipinski definition) is 0. The van der Waals surface area contributed by atoms with E-state index in [1.54, 1.807) is 0 Å². The van der Waals surface area contributed by atoms with E-state index >= 15 is 0 Å². The van der Waals surface area contributed by atoms with Gasteiger partial charge in [0.25, 0.3) is 0 Å². The number of halogens is 1. The van der Waals surface area contributed by atoms with Gasteiger partial charge in [0, 0.05) is 0 Å². The number of carbonyl (C=O) groups is 1. The van der Waals surface area contributed by atoms with Crippen molar-refractivity contribution in [3.63, 3.8) is 0 Å². The highest BCUT2D eigenvalue weighted by Crippen LogP contribution is 2.23. The topological polar surface area (TPSA) is 78.5 Å². The quantitative estimate of drug-likeness (QED) is 0.785. The van der Waals surface area contributed by atoms with Crippen LogP contribution in [0.25, 0.3) is 0 Å². The second-order valence-corrected chi connectivity index (χ2v) is 5.46. The van der Waals surface area contributed by atoms with Crippen molar-refractivity contribution in [3.05, 3.63) is 23.2 Å². The van der Waals surface area contributed by atoms with E-state index in [0.717, 1.165) is 9.36 Å². The van der Waals surface area contributed by atoms with E-state index in [1.807, 2.05) is 0 Å². The van der Waals surface area contributed by atoms with Crippen molar-refractivity contribution >= 4 is 17.6 Å². The van der Waals surface area contributed by atoms with Gasteiger partial charge in [-0.25, -0.2) is 4.79 Å². The van der Waals surface area contributed by atoms with E-state index in [2.05, 4.69) is 41.4 Å². The molecule has 0 radical (unpaired) electrons. The molecule has 0 amide bonds. The van der Waals surface area contributed by atoms with Crippen molar-refractivity contribution in [3.8, 4) is 0 Å². The third-order valence-electron chi connectivity index (χ3n) is 2.18. The minimum atomic E-state index is -0.509. The molecule has 7 nitrogen and oxygen atoms in total. The highest BCUT2D eigenvalue weighted by Gasteiger charge is 2.22. The lowest BCUT2D eigenvalue weighted by Crippen LogP contribution is -2.21. The van der Waals surface area contributed by atoms with Crippen LogP contribution in [0.3, 0.4) is 0 Å². The van der Waals surface area contributed by atoms with Crippen LogP contribution in [0.4, 0.5) is 4.79 Å². The van der Waals surface area contributed by atoms with Crippen molar-refractivity contribution in [2.45, 2.75) is 27.2 Å². The first-order chi connectivity index (χ1) is 8.38. The van der Waals surface area contributed by atoms with Gasteiger partial charge in [0.15, 0.2) is 5.15 Å². The molecule has 0 N–H and O–H groups in total. The third kappa shape index (κ3) is 2.56. The lowest BCUT2D eigenvalue weighted by Gasteiger charge is -2.15. The highest BCUT2D eigenvalue weighted by atomic mass is 35.5. The van der Waals surface area contributed by atoms with Crippen LogP contribution in [0.1, 0.15) is 26.5 Å². The molecular weight excluding hydrogens is 256 g/mol. The third-order valence-corrected chi connectivity index (χ3v) is 2.55. The van der Waals surface area contributed by atoms with E-state index in [4.69, 9.17) is 11.6 Å². The van der Waals surface area contributed by atoms with Crippen LogP contribution in [-0.2, 0) is 6.42 Å². The molecule has 2 aromatic heterocycles. The molecule has 0 aromatic carbocycles. The summed E-state index contributed by atoms with van der Waals surface area (Å²) in [6, 6.07) is -0.509. The Labute approximate surface area is 109 Å². The summed E-state index contributed by atoms with van der Waals surface area (Å²) in [5.41, 5.74) is 0.610. The van der Waals surface area contributed by atoms with E-state index in [1.165, 1.54) is 12.4 Å². The molecule has 0 spiro atoms. The van der Waals surface area contributed by atoms with Crippen LogP contribution >= 0.6 is 11.6 Å². The summed E-state index contributed by atoms with van der Waals surface area (Å²) in [5.74, 6) is 0. The lowest BCUT2D eigenvalue weighted by molar-refractivity contribution is 0.237. The summed E-state index contributed by atoms with van der Waals surface area (Å²) in [5, 5.41) is 15.0. The van der Waals surface area contributed by atoms with Crippen molar-refractivity contribution in [1.82, 2.24) is 30.0 Å². The van der Waals surface area contributed by atoms with Crippen molar-refractivity contribution in [1.29, 1.82) is 0 Å². The maximum Gasteiger partial charge on any atom is 0.373 e. The minimum absolute atomic E-state index is 0.0147. The maximum absolute atomic E-state index is 11.9. The molecule has 2 heterocycles. The van der Waals surface area contributed by atoms with Gasteiger partial charge < -0.3 is 0 Å². The smallest absolute Gasteiger partial charge is 0.243 e. The zero-order valence-corrected chi connectivity index (χ0v) is 11.1. The first-order valence-corrected chi connectivity index (χ1v) is 5.77. The maximum atomic E-state index is 11.9. The van der Waals surface area contributed by atoms with Gasteiger partial charge in [-0.15, -0.1) is 14.9 Å². The zero-order chi connectivity index (χ0) is 13.3. The van der Waals surface area contributed by atoms with E-state index in [0.29, 0.717) is 12.1 Å². The van der Waals surface area contributed by atoms with Gasteiger partial charge in [0.2, 0.25) is 0 Å². The fraction of sp³-hybridized carbons (Fsp3) is 0.500. The van der Waals surface area contributed by atoms with Crippen molar-refractivity contribution < 1.29 is 4.79 Å². The Balaban J connectivity index is 2.29. The summed E-state index contributed by atoms with van der Waals surface area (Å²) in [4.78, 5) is 11.9. The summed E-state index contributed by atoms with van der Waals surface area (Å²) >= 11 is 6.10. The molecule has 96 valence electrons. The van der Waals surface area contributed by atoms with Crippen LogP contribution in [-0.4, -0.2) is 36.0 Å². The molecule has 0 bridgehead atoms. The summed E-state index contributed by atoms with van der Waals surface area (Å²) in [6.45, 7) is 6.17. The highest BCUT2D eigenvalue weighted by molar-refractivity contribution is 6.31. The van der Waals surface area contributed by atoms with Crippen LogP contribution in [0.2, 0.25) is 5.15 Å². The Morgan fingerprint density at radius 2 is 2.11 bits per heavy atom. The SMILES string of the molecule is CC(C)(C)Cc1nnn(C(=O)n2ccnn2)c1Cl. The van der Waals surface area contributed by atoms with Gasteiger partial charge >= 0.3 is 6.03 Å². The Morgan fingerprint density at radius 3 is 2.67 bits per heavy atom. The van der Waals surface area contributed by atoms with E-state index in [9.17, 15) is 4.79 Å². The van der Waals surface area contributed by atoms with Gasteiger partial charge in [-0.3, -0.25) is 0 Å². The number of hydrogen-bond acceptors (Lipinski definition) is 5. The second kappa shape index (κ2) is 4.49. The van der Waals surface area contributed by atoms with Gasteiger partial charge in [0.05, 0.1) is 12.4 Å². The summed E-state index contributed by atoms with van der Waals surface area (Å²) in [6.07, 6.45) is 3.46. The summed E-state index contributed by atoms with van der Waals surface area (Å²) in [7, 11) is 0. The number of carbonyl (C=O) groups excluding carboxylic acids is 1. The Kier molecular flexibility index (Phi) is 3.16. The summed E-state index contributed by atoms with van der Waals surface area (Å²) < 4.78 is 2.05. The van der Waals surface area contributed by atoms with Gasteiger partial charge in [0.1, 0.15) is 5.69 Å². The average molecular weight is 269 g/mol. The first-order valence-electron chi connectivity index (χ1n) is 5.39. The van der Waals surface area contributed by atoms with Crippen LogP contribution in [0.5, 0.6) is 0 Å². The Bertz CT molecular complexity index is 553. The van der Waals surface area contributed by atoms with Gasteiger partial charge in [-0.2, -0.15) is 4.68 Å². The molecule has 0 aliphatic rings. The zero-order valence-electron chi connectivity index (χ0n) is 10.3. The molecule has 8 heteroatoms. The molecule has 0 aliphatic heterocycles. The lowest BCUT2D eigenvalue weighted by atomic mass is 9.91. The molecule has 0 aliphatic carbocycles. The number of rotatable bonds is 1.